The Balaban J connectivity index is 1.93. The van der Waals surface area contributed by atoms with Gasteiger partial charge in [0.05, 0.1) is 0 Å². The third-order valence-electron chi connectivity index (χ3n) is 3.28. The van der Waals surface area contributed by atoms with E-state index in [1.54, 1.807) is 0 Å². The first-order valence-electron chi connectivity index (χ1n) is 5.54. The standard InChI is InChI=1S/C11H14N2O4/c1-2-11(3-4-11)6-12-9(14)7-5-8(10(15)16)17-13-7/h5H,2-4,6H2,1H3,(H,12,14)(H,15,16). The summed E-state index contributed by atoms with van der Waals surface area (Å²) in [7, 11) is 0. The molecule has 1 aliphatic carbocycles. The average Bonchev–Trinajstić information content (AvgIpc) is 2.92. The second-order valence-corrected chi connectivity index (χ2v) is 4.42. The maximum atomic E-state index is 11.6. The van der Waals surface area contributed by atoms with Gasteiger partial charge in [-0.25, -0.2) is 4.79 Å². The number of nitrogens with one attached hydrogen (secondary N) is 1. The third-order valence-corrected chi connectivity index (χ3v) is 3.28. The van der Waals surface area contributed by atoms with Crippen LogP contribution in [0.4, 0.5) is 0 Å². The van der Waals surface area contributed by atoms with Crippen molar-refractivity contribution in [1.82, 2.24) is 10.5 Å². The molecule has 0 aliphatic heterocycles. The molecule has 1 heterocycles. The summed E-state index contributed by atoms with van der Waals surface area (Å²) in [4.78, 5) is 22.2. The minimum absolute atomic E-state index is 0.00861. The second-order valence-electron chi connectivity index (χ2n) is 4.42. The molecule has 2 rings (SSSR count). The maximum absolute atomic E-state index is 11.6. The van der Waals surface area contributed by atoms with Crippen molar-refractivity contribution in [3.8, 4) is 0 Å². The third kappa shape index (κ3) is 2.46. The van der Waals surface area contributed by atoms with Gasteiger partial charge in [0.25, 0.3) is 5.91 Å². The van der Waals surface area contributed by atoms with Gasteiger partial charge in [-0.3, -0.25) is 4.79 Å². The molecule has 1 aliphatic rings. The molecule has 1 fully saturated rings. The number of carbonyl (C=O) groups is 2. The molecule has 1 saturated carbocycles. The Morgan fingerprint density at radius 3 is 2.76 bits per heavy atom. The van der Waals surface area contributed by atoms with E-state index in [0.29, 0.717) is 6.54 Å². The molecule has 0 saturated heterocycles. The zero-order valence-corrected chi connectivity index (χ0v) is 9.52. The number of hydrogen-bond donors (Lipinski definition) is 2. The van der Waals surface area contributed by atoms with Gasteiger partial charge in [0.2, 0.25) is 5.76 Å². The molecule has 6 heteroatoms. The van der Waals surface area contributed by atoms with Gasteiger partial charge in [0.15, 0.2) is 5.69 Å². The molecule has 1 amide bonds. The molecule has 0 aromatic carbocycles. The summed E-state index contributed by atoms with van der Waals surface area (Å²) < 4.78 is 4.51. The molecule has 17 heavy (non-hydrogen) atoms. The highest BCUT2D eigenvalue weighted by molar-refractivity contribution is 5.94. The van der Waals surface area contributed by atoms with E-state index in [2.05, 4.69) is 21.9 Å². The summed E-state index contributed by atoms with van der Waals surface area (Å²) in [6.07, 6.45) is 3.29. The Bertz CT molecular complexity index is 448. The Hall–Kier alpha value is -1.85. The van der Waals surface area contributed by atoms with Crippen molar-refractivity contribution in [3.63, 3.8) is 0 Å². The topological polar surface area (TPSA) is 92.4 Å². The van der Waals surface area contributed by atoms with Crippen LogP contribution >= 0.6 is 0 Å². The van der Waals surface area contributed by atoms with E-state index < -0.39 is 5.97 Å². The Morgan fingerprint density at radius 2 is 2.29 bits per heavy atom. The van der Waals surface area contributed by atoms with Crippen molar-refractivity contribution in [1.29, 1.82) is 0 Å². The minimum Gasteiger partial charge on any atom is -0.475 e. The van der Waals surface area contributed by atoms with Crippen molar-refractivity contribution in [2.75, 3.05) is 6.54 Å². The van der Waals surface area contributed by atoms with E-state index in [1.165, 1.54) is 0 Å². The Kier molecular flexibility index (Phi) is 2.87. The highest BCUT2D eigenvalue weighted by Gasteiger charge is 2.40. The minimum atomic E-state index is -1.23. The van der Waals surface area contributed by atoms with Gasteiger partial charge in [0, 0.05) is 12.6 Å². The summed E-state index contributed by atoms with van der Waals surface area (Å²) in [6.45, 7) is 2.70. The van der Waals surface area contributed by atoms with Crippen LogP contribution < -0.4 is 5.32 Å². The predicted molar refractivity (Wildman–Crippen MR) is 57.8 cm³/mol. The molecule has 0 unspecified atom stereocenters. The van der Waals surface area contributed by atoms with E-state index >= 15 is 0 Å². The lowest BCUT2D eigenvalue weighted by Gasteiger charge is -2.11. The van der Waals surface area contributed by atoms with Gasteiger partial charge in [-0.2, -0.15) is 0 Å². The first kappa shape index (κ1) is 11.6. The normalized spacial score (nSPS) is 16.5. The van der Waals surface area contributed by atoms with Crippen LogP contribution in [0.15, 0.2) is 10.6 Å². The molecule has 0 atom stereocenters. The van der Waals surface area contributed by atoms with Crippen LogP contribution in [-0.4, -0.2) is 28.7 Å². The van der Waals surface area contributed by atoms with Gasteiger partial charge in [-0.15, -0.1) is 0 Å². The second kappa shape index (κ2) is 4.20. The summed E-state index contributed by atoms with van der Waals surface area (Å²) in [5.74, 6) is -1.95. The fourth-order valence-corrected chi connectivity index (χ4v) is 1.67. The number of amides is 1. The fraction of sp³-hybridized carbons (Fsp3) is 0.545. The highest BCUT2D eigenvalue weighted by atomic mass is 16.5. The fourth-order valence-electron chi connectivity index (χ4n) is 1.67. The lowest BCUT2D eigenvalue weighted by Crippen LogP contribution is -2.30. The van der Waals surface area contributed by atoms with Gasteiger partial charge in [0.1, 0.15) is 0 Å². The summed E-state index contributed by atoms with van der Waals surface area (Å²) in [5.41, 5.74) is 0.254. The zero-order chi connectivity index (χ0) is 12.5. The van der Waals surface area contributed by atoms with Crippen LogP contribution in [-0.2, 0) is 0 Å². The molecule has 2 N–H and O–H groups in total. The van der Waals surface area contributed by atoms with Crippen LogP contribution in [0.2, 0.25) is 0 Å². The van der Waals surface area contributed by atoms with Gasteiger partial charge >= 0.3 is 5.97 Å². The SMILES string of the molecule is CCC1(CNC(=O)c2cc(C(=O)O)on2)CC1. The van der Waals surface area contributed by atoms with Crippen LogP contribution in [0.5, 0.6) is 0 Å². The predicted octanol–water partition coefficient (Wildman–Crippen LogP) is 1.29. The molecule has 6 nitrogen and oxygen atoms in total. The number of carbonyl (C=O) groups excluding carboxylic acids is 1. The van der Waals surface area contributed by atoms with E-state index in [0.717, 1.165) is 25.3 Å². The van der Waals surface area contributed by atoms with Crippen LogP contribution in [0.25, 0.3) is 0 Å². The number of nitrogens with zero attached hydrogens (tertiary/aromatic N) is 1. The number of carboxylic acid groups (broad SMARTS) is 1. The molecule has 0 bridgehead atoms. The van der Waals surface area contributed by atoms with Crippen LogP contribution in [0.3, 0.4) is 0 Å². The number of carboxylic acids is 1. The quantitative estimate of drug-likeness (QED) is 0.806. The molecule has 0 radical (unpaired) electrons. The monoisotopic (exact) mass is 238 g/mol. The summed E-state index contributed by atoms with van der Waals surface area (Å²) in [6, 6.07) is 1.13. The zero-order valence-electron chi connectivity index (χ0n) is 9.52. The van der Waals surface area contributed by atoms with Crippen LogP contribution in [0, 0.1) is 5.41 Å². The first-order valence-corrected chi connectivity index (χ1v) is 5.54. The smallest absolute Gasteiger partial charge is 0.374 e. The Morgan fingerprint density at radius 1 is 1.59 bits per heavy atom. The van der Waals surface area contributed by atoms with Crippen LogP contribution in [0.1, 0.15) is 47.2 Å². The first-order chi connectivity index (χ1) is 8.06. The molecule has 92 valence electrons. The van der Waals surface area contributed by atoms with E-state index in [4.69, 9.17) is 5.11 Å². The summed E-state index contributed by atoms with van der Waals surface area (Å²) in [5, 5.41) is 14.8. The molecule has 0 spiro atoms. The van der Waals surface area contributed by atoms with Crippen molar-refractivity contribution in [2.45, 2.75) is 26.2 Å². The Labute approximate surface area is 98.0 Å². The van der Waals surface area contributed by atoms with E-state index in [-0.39, 0.29) is 22.8 Å². The number of rotatable bonds is 5. The van der Waals surface area contributed by atoms with E-state index in [9.17, 15) is 9.59 Å². The van der Waals surface area contributed by atoms with Gasteiger partial charge in [-0.1, -0.05) is 12.1 Å². The molecular weight excluding hydrogens is 224 g/mol. The van der Waals surface area contributed by atoms with Crippen molar-refractivity contribution in [2.24, 2.45) is 5.41 Å². The molecule has 1 aromatic heterocycles. The van der Waals surface area contributed by atoms with Crippen molar-refractivity contribution < 1.29 is 19.2 Å². The lowest BCUT2D eigenvalue weighted by molar-refractivity contribution is 0.0651. The number of aromatic nitrogens is 1. The number of hydrogen-bond acceptors (Lipinski definition) is 4. The van der Waals surface area contributed by atoms with E-state index in [1.807, 2.05) is 0 Å². The van der Waals surface area contributed by atoms with Gasteiger partial charge < -0.3 is 14.9 Å². The lowest BCUT2D eigenvalue weighted by atomic mass is 10.0. The maximum Gasteiger partial charge on any atom is 0.374 e. The molecular formula is C11H14N2O4. The molecule has 1 aromatic rings. The highest BCUT2D eigenvalue weighted by Crippen LogP contribution is 2.47. The number of aromatic carboxylic acids is 1. The largest absolute Gasteiger partial charge is 0.475 e. The summed E-state index contributed by atoms with van der Waals surface area (Å²) >= 11 is 0. The van der Waals surface area contributed by atoms with Crippen molar-refractivity contribution in [3.05, 3.63) is 17.5 Å². The average molecular weight is 238 g/mol. The van der Waals surface area contributed by atoms with Crippen molar-refractivity contribution >= 4 is 11.9 Å². The van der Waals surface area contributed by atoms with Gasteiger partial charge in [-0.05, 0) is 24.7 Å².